The largest absolute Gasteiger partial charge is 0.398 e. The van der Waals surface area contributed by atoms with Crippen LogP contribution in [0.3, 0.4) is 0 Å². The van der Waals surface area contributed by atoms with E-state index in [-0.39, 0.29) is 11.5 Å². The molecule has 0 unspecified atom stereocenters. The minimum absolute atomic E-state index is 0.0300. The molecular formula is C10H14ClNO2S. The fourth-order valence-corrected chi connectivity index (χ4v) is 2.89. The lowest BCUT2D eigenvalue weighted by Crippen LogP contribution is -2.08. The van der Waals surface area contributed by atoms with Crippen molar-refractivity contribution in [3.05, 3.63) is 28.8 Å². The van der Waals surface area contributed by atoms with Crippen molar-refractivity contribution in [1.82, 2.24) is 0 Å². The third-order valence-corrected chi connectivity index (χ3v) is 4.11. The molecule has 2 N–H and O–H groups in total. The molecule has 15 heavy (non-hydrogen) atoms. The molecule has 1 aromatic carbocycles. The molecule has 0 fully saturated rings. The SMILES string of the molecule is CCCS(=O)(=O)Cc1ccc(Cl)c(N)c1. The Bertz CT molecular complexity index is 443. The van der Waals surface area contributed by atoms with E-state index >= 15 is 0 Å². The Morgan fingerprint density at radius 3 is 2.60 bits per heavy atom. The summed E-state index contributed by atoms with van der Waals surface area (Å²) in [7, 11) is -3.01. The first kappa shape index (κ1) is 12.3. The zero-order valence-electron chi connectivity index (χ0n) is 8.53. The molecule has 0 spiro atoms. The van der Waals surface area contributed by atoms with E-state index in [1.54, 1.807) is 18.2 Å². The second kappa shape index (κ2) is 4.86. The maximum atomic E-state index is 11.5. The molecule has 0 aliphatic heterocycles. The van der Waals surface area contributed by atoms with Gasteiger partial charge in [-0.3, -0.25) is 0 Å². The van der Waals surface area contributed by atoms with Crippen LogP contribution in [0.5, 0.6) is 0 Å². The minimum atomic E-state index is -3.01. The lowest BCUT2D eigenvalue weighted by molar-refractivity contribution is 0.594. The summed E-state index contributed by atoms with van der Waals surface area (Å²) in [5.41, 5.74) is 6.69. The number of anilines is 1. The van der Waals surface area contributed by atoms with E-state index in [9.17, 15) is 8.42 Å². The summed E-state index contributed by atoms with van der Waals surface area (Å²) in [6.45, 7) is 1.84. The van der Waals surface area contributed by atoms with Crippen LogP contribution in [0.2, 0.25) is 5.02 Å². The molecular weight excluding hydrogens is 234 g/mol. The summed E-state index contributed by atoms with van der Waals surface area (Å²) >= 11 is 5.74. The standard InChI is InChI=1S/C10H14ClNO2S/c1-2-5-15(13,14)7-8-3-4-9(11)10(12)6-8/h3-4,6H,2,5,7,12H2,1H3. The first-order valence-corrected chi connectivity index (χ1v) is 6.89. The third-order valence-electron chi connectivity index (χ3n) is 1.96. The normalized spacial score (nSPS) is 11.6. The van der Waals surface area contributed by atoms with Gasteiger partial charge < -0.3 is 5.73 Å². The first-order chi connectivity index (χ1) is 6.94. The van der Waals surface area contributed by atoms with Crippen molar-refractivity contribution in [1.29, 1.82) is 0 Å². The van der Waals surface area contributed by atoms with Gasteiger partial charge in [0.25, 0.3) is 0 Å². The Hall–Kier alpha value is -0.740. The van der Waals surface area contributed by atoms with Crippen LogP contribution in [0.4, 0.5) is 5.69 Å². The molecule has 3 nitrogen and oxygen atoms in total. The molecule has 0 amide bonds. The predicted molar refractivity (Wildman–Crippen MR) is 63.6 cm³/mol. The molecule has 5 heteroatoms. The number of hydrogen-bond donors (Lipinski definition) is 1. The number of rotatable bonds is 4. The van der Waals surface area contributed by atoms with E-state index < -0.39 is 9.84 Å². The second-order valence-corrected chi connectivity index (χ2v) is 6.04. The van der Waals surface area contributed by atoms with Crippen LogP contribution >= 0.6 is 11.6 Å². The van der Waals surface area contributed by atoms with Gasteiger partial charge in [0.05, 0.1) is 22.2 Å². The highest BCUT2D eigenvalue weighted by atomic mass is 35.5. The summed E-state index contributed by atoms with van der Waals surface area (Å²) in [6.07, 6.45) is 0.630. The Balaban J connectivity index is 2.86. The van der Waals surface area contributed by atoms with E-state index in [1.165, 1.54) is 0 Å². The van der Waals surface area contributed by atoms with Crippen LogP contribution in [0.1, 0.15) is 18.9 Å². The quantitative estimate of drug-likeness (QED) is 0.831. The van der Waals surface area contributed by atoms with Crippen molar-refractivity contribution in [2.75, 3.05) is 11.5 Å². The minimum Gasteiger partial charge on any atom is -0.398 e. The summed E-state index contributed by atoms with van der Waals surface area (Å²) in [5.74, 6) is 0.234. The molecule has 0 aliphatic carbocycles. The van der Waals surface area contributed by atoms with Gasteiger partial charge in [0.1, 0.15) is 0 Å². The molecule has 1 aromatic rings. The Morgan fingerprint density at radius 2 is 2.07 bits per heavy atom. The van der Waals surface area contributed by atoms with E-state index in [2.05, 4.69) is 0 Å². The zero-order chi connectivity index (χ0) is 11.5. The van der Waals surface area contributed by atoms with Gasteiger partial charge in [0, 0.05) is 0 Å². The highest BCUT2D eigenvalue weighted by Crippen LogP contribution is 2.20. The molecule has 0 saturated carbocycles. The number of sulfone groups is 1. The molecule has 1 rings (SSSR count). The van der Waals surface area contributed by atoms with Gasteiger partial charge in [-0.1, -0.05) is 24.6 Å². The van der Waals surface area contributed by atoms with E-state index in [0.717, 1.165) is 0 Å². The number of nitrogen functional groups attached to an aromatic ring is 1. The monoisotopic (exact) mass is 247 g/mol. The molecule has 0 aliphatic rings. The number of hydrogen-bond acceptors (Lipinski definition) is 3. The number of nitrogens with two attached hydrogens (primary N) is 1. The van der Waals surface area contributed by atoms with E-state index in [1.807, 2.05) is 6.92 Å². The van der Waals surface area contributed by atoms with Gasteiger partial charge >= 0.3 is 0 Å². The van der Waals surface area contributed by atoms with Crippen molar-refractivity contribution < 1.29 is 8.42 Å². The molecule has 84 valence electrons. The lowest BCUT2D eigenvalue weighted by Gasteiger charge is -2.04. The molecule has 0 heterocycles. The summed E-state index contributed by atoms with van der Waals surface area (Å²) in [6, 6.07) is 4.91. The van der Waals surface area contributed by atoms with Crippen molar-refractivity contribution in [2.24, 2.45) is 0 Å². The van der Waals surface area contributed by atoms with Gasteiger partial charge in [-0.2, -0.15) is 0 Å². The molecule has 0 saturated heterocycles. The zero-order valence-corrected chi connectivity index (χ0v) is 10.1. The summed E-state index contributed by atoms with van der Waals surface area (Å²) in [5, 5.41) is 0.451. The summed E-state index contributed by atoms with van der Waals surface area (Å²) < 4.78 is 23.0. The van der Waals surface area contributed by atoms with Gasteiger partial charge in [-0.05, 0) is 24.1 Å². The van der Waals surface area contributed by atoms with Gasteiger partial charge in [-0.25, -0.2) is 8.42 Å². The molecule has 0 atom stereocenters. The maximum Gasteiger partial charge on any atom is 0.154 e. The van der Waals surface area contributed by atoms with Crippen LogP contribution in [0, 0.1) is 0 Å². The van der Waals surface area contributed by atoms with Crippen LogP contribution in [-0.4, -0.2) is 14.2 Å². The summed E-state index contributed by atoms with van der Waals surface area (Å²) in [4.78, 5) is 0. The van der Waals surface area contributed by atoms with Crippen molar-refractivity contribution in [3.8, 4) is 0 Å². The Kier molecular flexibility index (Phi) is 3.99. The third kappa shape index (κ3) is 3.72. The first-order valence-electron chi connectivity index (χ1n) is 4.69. The van der Waals surface area contributed by atoms with Crippen LogP contribution in [0.15, 0.2) is 18.2 Å². The van der Waals surface area contributed by atoms with Crippen molar-refractivity contribution in [2.45, 2.75) is 19.1 Å². The fourth-order valence-electron chi connectivity index (χ4n) is 1.32. The van der Waals surface area contributed by atoms with Gasteiger partial charge in [0.15, 0.2) is 9.84 Å². The highest BCUT2D eigenvalue weighted by Gasteiger charge is 2.11. The fraction of sp³-hybridized carbons (Fsp3) is 0.400. The topological polar surface area (TPSA) is 60.2 Å². The lowest BCUT2D eigenvalue weighted by atomic mass is 10.2. The smallest absolute Gasteiger partial charge is 0.154 e. The van der Waals surface area contributed by atoms with Gasteiger partial charge in [-0.15, -0.1) is 0 Å². The predicted octanol–water partition coefficient (Wildman–Crippen LogP) is 2.25. The maximum absolute atomic E-state index is 11.5. The highest BCUT2D eigenvalue weighted by molar-refractivity contribution is 7.90. The van der Waals surface area contributed by atoms with Crippen LogP contribution in [-0.2, 0) is 15.6 Å². The van der Waals surface area contributed by atoms with E-state index in [0.29, 0.717) is 22.7 Å². The molecule has 0 aromatic heterocycles. The Morgan fingerprint density at radius 1 is 1.40 bits per heavy atom. The molecule has 0 bridgehead atoms. The van der Waals surface area contributed by atoms with Crippen molar-refractivity contribution >= 4 is 27.1 Å². The second-order valence-electron chi connectivity index (χ2n) is 3.45. The number of halogens is 1. The van der Waals surface area contributed by atoms with Gasteiger partial charge in [0.2, 0.25) is 0 Å². The molecule has 0 radical (unpaired) electrons. The van der Waals surface area contributed by atoms with E-state index in [4.69, 9.17) is 17.3 Å². The van der Waals surface area contributed by atoms with Crippen LogP contribution < -0.4 is 5.73 Å². The van der Waals surface area contributed by atoms with Crippen molar-refractivity contribution in [3.63, 3.8) is 0 Å². The van der Waals surface area contributed by atoms with Crippen LogP contribution in [0.25, 0.3) is 0 Å². The average molecular weight is 248 g/mol. The number of benzene rings is 1. The Labute approximate surface area is 95.2 Å². The average Bonchev–Trinajstić information content (AvgIpc) is 2.10.